The molecule has 2 amide bonds. The number of aromatic nitrogens is 2. The van der Waals surface area contributed by atoms with E-state index in [0.717, 1.165) is 13.1 Å². The smallest absolute Gasteiger partial charge is 0.289 e. The summed E-state index contributed by atoms with van der Waals surface area (Å²) >= 11 is 0. The summed E-state index contributed by atoms with van der Waals surface area (Å²) in [6.07, 6.45) is 4.22. The predicted molar refractivity (Wildman–Crippen MR) is 94.6 cm³/mol. The first kappa shape index (κ1) is 17.5. The van der Waals surface area contributed by atoms with Gasteiger partial charge in [0.1, 0.15) is 11.6 Å². The first-order valence-electron chi connectivity index (χ1n) is 9.09. The summed E-state index contributed by atoms with van der Waals surface area (Å²) < 4.78 is 20.0. The molecule has 1 aromatic carbocycles. The number of hydrogen-bond donors (Lipinski definition) is 1. The zero-order valence-electron chi connectivity index (χ0n) is 14.9. The molecule has 0 radical (unpaired) electrons. The quantitative estimate of drug-likeness (QED) is 0.801. The molecule has 4 rings (SSSR count). The minimum Gasteiger partial charge on any atom is -0.484 e. The molecule has 142 valence electrons. The Kier molecular flexibility index (Phi) is 4.79. The fourth-order valence-corrected chi connectivity index (χ4v) is 3.07. The molecule has 0 bridgehead atoms. The van der Waals surface area contributed by atoms with Crippen molar-refractivity contribution in [3.8, 4) is 5.75 Å². The minimum absolute atomic E-state index is 0.0367. The van der Waals surface area contributed by atoms with Crippen molar-refractivity contribution in [2.24, 2.45) is 5.92 Å². The van der Waals surface area contributed by atoms with Crippen molar-refractivity contribution in [2.75, 3.05) is 19.7 Å². The maximum absolute atomic E-state index is 12.8. The summed E-state index contributed by atoms with van der Waals surface area (Å²) in [7, 11) is 0. The van der Waals surface area contributed by atoms with E-state index < -0.39 is 0 Å². The molecule has 1 saturated carbocycles. The second-order valence-electron chi connectivity index (χ2n) is 6.96. The standard InChI is InChI=1S/C19H21FN4O3/c20-14-3-5-16(6-4-14)27-12-17(25)21-9-15-11-23-7-8-24(10-13-1-2-13)19(26)18(23)22-15/h3-6,11,13H,1-2,7-10,12H2,(H,21,25). The van der Waals surface area contributed by atoms with Gasteiger partial charge in [-0.25, -0.2) is 9.37 Å². The summed E-state index contributed by atoms with van der Waals surface area (Å²) in [5.74, 6) is 0.799. The van der Waals surface area contributed by atoms with Crippen LogP contribution in [0.3, 0.4) is 0 Å². The van der Waals surface area contributed by atoms with Gasteiger partial charge in [0.15, 0.2) is 12.4 Å². The molecule has 1 N–H and O–H groups in total. The summed E-state index contributed by atoms with van der Waals surface area (Å²) in [5.41, 5.74) is 0.641. The van der Waals surface area contributed by atoms with E-state index in [1.807, 2.05) is 15.7 Å². The van der Waals surface area contributed by atoms with E-state index in [1.54, 1.807) is 0 Å². The topological polar surface area (TPSA) is 76.5 Å². The first-order chi connectivity index (χ1) is 13.1. The van der Waals surface area contributed by atoms with E-state index in [-0.39, 0.29) is 30.8 Å². The number of ether oxygens (including phenoxy) is 1. The van der Waals surface area contributed by atoms with Crippen LogP contribution in [-0.4, -0.2) is 46.0 Å². The zero-order valence-corrected chi connectivity index (χ0v) is 14.9. The summed E-state index contributed by atoms with van der Waals surface area (Å²) in [6, 6.07) is 5.47. The van der Waals surface area contributed by atoms with Crippen LogP contribution in [0.4, 0.5) is 4.39 Å². The third kappa shape index (κ3) is 4.27. The number of halogens is 1. The molecular weight excluding hydrogens is 351 g/mol. The lowest BCUT2D eigenvalue weighted by Crippen LogP contribution is -2.41. The lowest BCUT2D eigenvalue weighted by molar-refractivity contribution is -0.123. The third-order valence-electron chi connectivity index (χ3n) is 4.74. The fourth-order valence-electron chi connectivity index (χ4n) is 3.07. The average molecular weight is 372 g/mol. The van der Waals surface area contributed by atoms with Crippen molar-refractivity contribution < 1.29 is 18.7 Å². The van der Waals surface area contributed by atoms with Gasteiger partial charge in [-0.3, -0.25) is 9.59 Å². The van der Waals surface area contributed by atoms with Crippen LogP contribution in [0.5, 0.6) is 5.75 Å². The molecule has 0 spiro atoms. The van der Waals surface area contributed by atoms with Crippen LogP contribution in [0.25, 0.3) is 0 Å². The Morgan fingerprint density at radius 3 is 2.78 bits per heavy atom. The van der Waals surface area contributed by atoms with Crippen LogP contribution < -0.4 is 10.1 Å². The molecule has 1 aromatic heterocycles. The van der Waals surface area contributed by atoms with Gasteiger partial charge in [-0.05, 0) is 43.0 Å². The van der Waals surface area contributed by atoms with Gasteiger partial charge >= 0.3 is 0 Å². The van der Waals surface area contributed by atoms with Crippen LogP contribution in [0, 0.1) is 11.7 Å². The highest BCUT2D eigenvalue weighted by Gasteiger charge is 2.31. The number of carbonyl (C=O) groups is 2. The molecule has 8 heteroatoms. The van der Waals surface area contributed by atoms with Gasteiger partial charge in [0, 0.05) is 25.8 Å². The number of nitrogens with one attached hydrogen (secondary N) is 1. The first-order valence-corrected chi connectivity index (χ1v) is 9.09. The number of rotatable bonds is 7. The molecule has 1 aliphatic carbocycles. The highest BCUT2D eigenvalue weighted by Crippen LogP contribution is 2.30. The van der Waals surface area contributed by atoms with E-state index in [9.17, 15) is 14.0 Å². The van der Waals surface area contributed by atoms with Crippen molar-refractivity contribution in [3.05, 3.63) is 47.8 Å². The Morgan fingerprint density at radius 1 is 1.26 bits per heavy atom. The van der Waals surface area contributed by atoms with Gasteiger partial charge in [-0.1, -0.05) is 0 Å². The monoisotopic (exact) mass is 372 g/mol. The molecule has 1 fully saturated rings. The van der Waals surface area contributed by atoms with Gasteiger partial charge < -0.3 is 19.5 Å². The number of amides is 2. The zero-order chi connectivity index (χ0) is 18.8. The lowest BCUT2D eigenvalue weighted by atomic mass is 10.3. The van der Waals surface area contributed by atoms with Crippen LogP contribution >= 0.6 is 0 Å². The Hall–Kier alpha value is -2.90. The Morgan fingerprint density at radius 2 is 2.04 bits per heavy atom. The van der Waals surface area contributed by atoms with Gasteiger partial charge in [-0.15, -0.1) is 0 Å². The average Bonchev–Trinajstić information content (AvgIpc) is 3.38. The minimum atomic E-state index is -0.360. The van der Waals surface area contributed by atoms with Gasteiger partial charge in [0.25, 0.3) is 11.8 Å². The fraction of sp³-hybridized carbons (Fsp3) is 0.421. The second kappa shape index (κ2) is 7.38. The van der Waals surface area contributed by atoms with Crippen LogP contribution in [0.2, 0.25) is 0 Å². The number of hydrogen-bond acceptors (Lipinski definition) is 4. The van der Waals surface area contributed by atoms with E-state index in [1.165, 1.54) is 37.1 Å². The molecule has 0 unspecified atom stereocenters. The summed E-state index contributed by atoms with van der Waals surface area (Å²) in [4.78, 5) is 30.7. The van der Waals surface area contributed by atoms with Gasteiger partial charge in [0.05, 0.1) is 12.2 Å². The molecule has 0 atom stereocenters. The summed E-state index contributed by atoms with van der Waals surface area (Å²) in [6.45, 7) is 2.30. The Bertz CT molecular complexity index is 845. The Labute approximate surface area is 156 Å². The summed E-state index contributed by atoms with van der Waals surface area (Å²) in [5, 5.41) is 2.72. The number of benzene rings is 1. The lowest BCUT2D eigenvalue weighted by Gasteiger charge is -2.27. The molecule has 2 aliphatic rings. The van der Waals surface area contributed by atoms with Crippen LogP contribution in [0.1, 0.15) is 29.2 Å². The predicted octanol–water partition coefficient (Wildman–Crippen LogP) is 1.58. The maximum Gasteiger partial charge on any atom is 0.289 e. The van der Waals surface area contributed by atoms with Crippen molar-refractivity contribution in [1.29, 1.82) is 0 Å². The van der Waals surface area contributed by atoms with E-state index >= 15 is 0 Å². The molecule has 0 saturated heterocycles. The number of fused-ring (bicyclic) bond motifs is 1. The van der Waals surface area contributed by atoms with Crippen molar-refractivity contribution in [2.45, 2.75) is 25.9 Å². The van der Waals surface area contributed by atoms with E-state index in [4.69, 9.17) is 4.74 Å². The van der Waals surface area contributed by atoms with Crippen LogP contribution in [0.15, 0.2) is 30.5 Å². The normalized spacial score (nSPS) is 16.2. The Balaban J connectivity index is 1.28. The SMILES string of the molecule is O=C(COc1ccc(F)cc1)NCc1cn2c(n1)C(=O)N(CC1CC1)CC2. The molecule has 7 nitrogen and oxygen atoms in total. The van der Waals surface area contributed by atoms with E-state index in [0.29, 0.717) is 29.7 Å². The maximum atomic E-state index is 12.8. The third-order valence-corrected chi connectivity index (χ3v) is 4.74. The second-order valence-corrected chi connectivity index (χ2v) is 6.96. The molecular formula is C19H21FN4O3. The number of carbonyl (C=O) groups excluding carboxylic acids is 2. The molecule has 2 heterocycles. The number of nitrogens with zero attached hydrogens (tertiary/aromatic N) is 3. The largest absolute Gasteiger partial charge is 0.484 e. The highest BCUT2D eigenvalue weighted by molar-refractivity contribution is 5.91. The highest BCUT2D eigenvalue weighted by atomic mass is 19.1. The van der Waals surface area contributed by atoms with Gasteiger partial charge in [0.2, 0.25) is 0 Å². The van der Waals surface area contributed by atoms with Crippen LogP contribution in [-0.2, 0) is 17.9 Å². The van der Waals surface area contributed by atoms with Crippen molar-refractivity contribution >= 4 is 11.8 Å². The van der Waals surface area contributed by atoms with E-state index in [2.05, 4.69) is 10.3 Å². The van der Waals surface area contributed by atoms with Gasteiger partial charge in [-0.2, -0.15) is 0 Å². The molecule has 27 heavy (non-hydrogen) atoms. The van der Waals surface area contributed by atoms with Crippen molar-refractivity contribution in [3.63, 3.8) is 0 Å². The number of imidazole rings is 1. The molecule has 1 aliphatic heterocycles. The van der Waals surface area contributed by atoms with Crippen molar-refractivity contribution in [1.82, 2.24) is 19.8 Å². The molecule has 2 aromatic rings.